The number of hydrogen-bond donors (Lipinski definition) is 2. The number of nitrogens with zero attached hydrogens (tertiary/aromatic N) is 2. The topological polar surface area (TPSA) is 90.0 Å². The van der Waals surface area contributed by atoms with Gasteiger partial charge in [0.25, 0.3) is 5.91 Å². The molecule has 7 nitrogen and oxygen atoms in total. The summed E-state index contributed by atoms with van der Waals surface area (Å²) in [6.07, 6.45) is 0.992. The molecule has 2 N–H and O–H groups in total. The molecule has 146 valence electrons. The molecule has 1 aliphatic rings. The van der Waals surface area contributed by atoms with E-state index in [1.807, 2.05) is 0 Å². The van der Waals surface area contributed by atoms with Gasteiger partial charge in [0, 0.05) is 31.9 Å². The van der Waals surface area contributed by atoms with Crippen LogP contribution in [0.5, 0.6) is 0 Å². The fourth-order valence-corrected chi connectivity index (χ4v) is 5.04. The van der Waals surface area contributed by atoms with Crippen molar-refractivity contribution in [1.82, 2.24) is 9.79 Å². The Morgan fingerprint density at radius 2 is 1.65 bits per heavy atom. The largest absolute Gasteiger partial charge is 0.369 e. The molecule has 1 amide bonds. The van der Waals surface area contributed by atoms with Crippen LogP contribution in [0.3, 0.4) is 0 Å². The molecule has 2 rings (SSSR count). The predicted molar refractivity (Wildman–Crippen MR) is 102 cm³/mol. The summed E-state index contributed by atoms with van der Waals surface area (Å²) >= 11 is 0. The molecule has 0 unspecified atom stereocenters. The van der Waals surface area contributed by atoms with Gasteiger partial charge in [0.15, 0.2) is 4.75 Å². The molecule has 1 aliphatic heterocycles. The van der Waals surface area contributed by atoms with E-state index < -0.39 is 20.7 Å². The molecule has 1 heterocycles. The zero-order valence-electron chi connectivity index (χ0n) is 16.2. The van der Waals surface area contributed by atoms with Gasteiger partial charge in [-0.1, -0.05) is 6.92 Å². The maximum absolute atomic E-state index is 12.8. The Balaban J connectivity index is 2.16. The monoisotopic (exact) mass is 383 g/mol. The Kier molecular flexibility index (Phi) is 5.99. The highest BCUT2D eigenvalue weighted by molar-refractivity contribution is 7.91. The van der Waals surface area contributed by atoms with Crippen LogP contribution in [0.4, 0.5) is 5.69 Å². The van der Waals surface area contributed by atoms with Gasteiger partial charge >= 0.3 is 0 Å². The van der Waals surface area contributed by atoms with Gasteiger partial charge in [-0.05, 0) is 62.9 Å². The van der Waals surface area contributed by atoms with E-state index in [0.29, 0.717) is 26.2 Å². The van der Waals surface area contributed by atoms with Crippen molar-refractivity contribution in [2.45, 2.75) is 45.8 Å². The first-order valence-corrected chi connectivity index (χ1v) is 10.3. The third-order valence-corrected chi connectivity index (χ3v) is 7.79. The average Bonchev–Trinajstić information content (AvgIpc) is 2.60. The van der Waals surface area contributed by atoms with Crippen LogP contribution in [0.15, 0.2) is 12.1 Å². The minimum absolute atomic E-state index is 0.304. The number of amides is 1. The maximum Gasteiger partial charge on any atom is 0.265 e. The Morgan fingerprint density at radius 3 is 2.08 bits per heavy atom. The highest BCUT2D eigenvalue weighted by Gasteiger charge is 2.46. The predicted octanol–water partition coefficient (Wildman–Crippen LogP) is 1.60. The summed E-state index contributed by atoms with van der Waals surface area (Å²) < 4.78 is 25.2. The first-order chi connectivity index (χ1) is 12.1. The summed E-state index contributed by atoms with van der Waals surface area (Å²) in [6, 6.07) is 4.30. The number of rotatable bonds is 5. The number of benzene rings is 1. The van der Waals surface area contributed by atoms with E-state index in [9.17, 15) is 13.2 Å². The lowest BCUT2D eigenvalue weighted by Gasteiger charge is -2.38. The smallest absolute Gasteiger partial charge is 0.265 e. The van der Waals surface area contributed by atoms with E-state index in [4.69, 9.17) is 5.21 Å². The van der Waals surface area contributed by atoms with Gasteiger partial charge in [-0.3, -0.25) is 10.0 Å². The van der Waals surface area contributed by atoms with E-state index >= 15 is 0 Å². The molecule has 1 aromatic carbocycles. The maximum atomic E-state index is 12.8. The fraction of sp³-hybridized carbons (Fsp3) is 0.611. The number of hydroxylamine groups is 1. The molecule has 1 fully saturated rings. The molecule has 8 heteroatoms. The van der Waals surface area contributed by atoms with Crippen molar-refractivity contribution in [2.75, 3.05) is 31.1 Å². The molecular weight excluding hydrogens is 354 g/mol. The van der Waals surface area contributed by atoms with Crippen LogP contribution in [0.25, 0.3) is 0 Å². The summed E-state index contributed by atoms with van der Waals surface area (Å²) in [6.45, 7) is 10.7. The first kappa shape index (κ1) is 20.7. The second-order valence-electron chi connectivity index (χ2n) is 7.25. The van der Waals surface area contributed by atoms with Gasteiger partial charge in [0.1, 0.15) is 0 Å². The van der Waals surface area contributed by atoms with Gasteiger partial charge in [-0.25, -0.2) is 13.9 Å². The van der Waals surface area contributed by atoms with Gasteiger partial charge in [0.05, 0.1) is 0 Å². The van der Waals surface area contributed by atoms with Crippen LogP contribution < -0.4 is 10.4 Å². The molecule has 0 bridgehead atoms. The molecule has 0 aliphatic carbocycles. The van der Waals surface area contributed by atoms with Crippen LogP contribution in [0.2, 0.25) is 0 Å². The zero-order chi connectivity index (χ0) is 19.7. The average molecular weight is 384 g/mol. The Morgan fingerprint density at radius 1 is 1.15 bits per heavy atom. The molecule has 0 saturated carbocycles. The van der Waals surface area contributed by atoms with Crippen molar-refractivity contribution in [2.24, 2.45) is 0 Å². The van der Waals surface area contributed by atoms with Crippen LogP contribution in [0.1, 0.15) is 37.5 Å². The van der Waals surface area contributed by atoms with Gasteiger partial charge < -0.3 is 4.90 Å². The second-order valence-corrected chi connectivity index (χ2v) is 9.74. The molecule has 26 heavy (non-hydrogen) atoms. The lowest BCUT2D eigenvalue weighted by Crippen LogP contribution is -2.57. The third-order valence-electron chi connectivity index (χ3n) is 5.27. The number of sulfonamides is 1. The van der Waals surface area contributed by atoms with Crippen molar-refractivity contribution in [3.8, 4) is 0 Å². The van der Waals surface area contributed by atoms with E-state index in [2.05, 4.69) is 37.8 Å². The molecule has 1 aromatic rings. The summed E-state index contributed by atoms with van der Waals surface area (Å²) in [5.41, 5.74) is 6.40. The van der Waals surface area contributed by atoms with Crippen LogP contribution in [-0.4, -0.2) is 54.8 Å². The Labute approximate surface area is 156 Å². The standard InChI is InChI=1S/C18H29N3O4S/c1-6-16-13(2)11-15(12-14(16)3)20-7-9-21(10-8-20)26(24,25)18(4,5)17(22)19-23/h11-12,23H,6-10H2,1-5H3,(H,19,22). The molecule has 1 saturated heterocycles. The van der Waals surface area contributed by atoms with Crippen molar-refractivity contribution in [3.05, 3.63) is 28.8 Å². The van der Waals surface area contributed by atoms with Crippen molar-refractivity contribution < 1.29 is 18.4 Å². The van der Waals surface area contributed by atoms with Crippen molar-refractivity contribution in [1.29, 1.82) is 0 Å². The minimum atomic E-state index is -3.87. The van der Waals surface area contributed by atoms with E-state index in [1.54, 1.807) is 0 Å². The Hall–Kier alpha value is -1.64. The number of carbonyl (C=O) groups is 1. The zero-order valence-corrected chi connectivity index (χ0v) is 17.0. The van der Waals surface area contributed by atoms with Gasteiger partial charge in [-0.15, -0.1) is 0 Å². The number of nitrogens with one attached hydrogen (secondary N) is 1. The number of hydrogen-bond acceptors (Lipinski definition) is 5. The minimum Gasteiger partial charge on any atom is -0.369 e. The van der Waals surface area contributed by atoms with Crippen LogP contribution in [-0.2, 0) is 21.2 Å². The molecule has 0 spiro atoms. The van der Waals surface area contributed by atoms with E-state index in [0.717, 1.165) is 12.1 Å². The molecule has 0 aromatic heterocycles. The second kappa shape index (κ2) is 7.54. The van der Waals surface area contributed by atoms with Crippen LogP contribution in [0, 0.1) is 13.8 Å². The SMILES string of the molecule is CCc1c(C)cc(N2CCN(S(=O)(=O)C(C)(C)C(=O)NO)CC2)cc1C. The van der Waals surface area contributed by atoms with E-state index in [1.165, 1.54) is 40.3 Å². The number of aryl methyl sites for hydroxylation is 2. The number of piperazine rings is 1. The molecular formula is C18H29N3O4S. The summed E-state index contributed by atoms with van der Waals surface area (Å²) in [5.74, 6) is -0.929. The quantitative estimate of drug-likeness (QED) is 0.595. The van der Waals surface area contributed by atoms with Crippen molar-refractivity contribution in [3.63, 3.8) is 0 Å². The number of carbonyl (C=O) groups excluding carboxylic acids is 1. The fourth-order valence-electron chi connectivity index (χ4n) is 3.47. The summed E-state index contributed by atoms with van der Waals surface area (Å²) in [4.78, 5) is 13.9. The van der Waals surface area contributed by atoms with Crippen LogP contribution >= 0.6 is 0 Å². The lowest BCUT2D eigenvalue weighted by molar-refractivity contribution is -0.131. The third kappa shape index (κ3) is 3.58. The highest BCUT2D eigenvalue weighted by Crippen LogP contribution is 2.27. The summed E-state index contributed by atoms with van der Waals surface area (Å²) in [7, 11) is -3.87. The van der Waals surface area contributed by atoms with E-state index in [-0.39, 0.29) is 0 Å². The van der Waals surface area contributed by atoms with Gasteiger partial charge in [0.2, 0.25) is 10.0 Å². The molecule has 0 atom stereocenters. The summed E-state index contributed by atoms with van der Waals surface area (Å²) in [5, 5.41) is 8.83. The lowest BCUT2D eigenvalue weighted by atomic mass is 9.99. The Bertz CT molecular complexity index is 759. The van der Waals surface area contributed by atoms with Crippen molar-refractivity contribution >= 4 is 21.6 Å². The number of anilines is 1. The first-order valence-electron chi connectivity index (χ1n) is 8.85. The molecule has 0 radical (unpaired) electrons. The normalized spacial score (nSPS) is 16.6. The highest BCUT2D eigenvalue weighted by atomic mass is 32.2. The van der Waals surface area contributed by atoms with Gasteiger partial charge in [-0.2, -0.15) is 4.31 Å².